The van der Waals surface area contributed by atoms with Crippen molar-refractivity contribution in [2.24, 2.45) is 0 Å². The van der Waals surface area contributed by atoms with Gasteiger partial charge in [0.2, 0.25) is 0 Å². The molecule has 2 N–H and O–H groups in total. The molecule has 0 atom stereocenters. The summed E-state index contributed by atoms with van der Waals surface area (Å²) >= 11 is 0. The highest BCUT2D eigenvalue weighted by Crippen LogP contribution is 2.07. The molecule has 0 aliphatic carbocycles. The summed E-state index contributed by atoms with van der Waals surface area (Å²) in [6, 6.07) is 8.02. The van der Waals surface area contributed by atoms with Gasteiger partial charge >= 0.3 is 5.97 Å². The molecule has 0 aliphatic rings. The number of anilines is 1. The molecule has 1 aromatic carbocycles. The van der Waals surface area contributed by atoms with E-state index in [4.69, 9.17) is 10.5 Å². The lowest BCUT2D eigenvalue weighted by Crippen LogP contribution is -2.13. The predicted molar refractivity (Wildman–Crippen MR) is 72.3 cm³/mol. The lowest BCUT2D eigenvalue weighted by molar-refractivity contribution is -0.145. The zero-order valence-electron chi connectivity index (χ0n) is 10.9. The van der Waals surface area contributed by atoms with E-state index in [1.807, 2.05) is 24.3 Å². The average Bonchev–Trinajstić information content (AvgIpc) is 2.82. The number of carbonyl (C=O) groups is 1. The van der Waals surface area contributed by atoms with E-state index in [0.717, 1.165) is 12.0 Å². The number of nitrogens with zero attached hydrogens (tertiary/aromatic N) is 2. The molecule has 0 radical (unpaired) electrons. The van der Waals surface area contributed by atoms with Gasteiger partial charge in [-0.3, -0.25) is 9.48 Å². The van der Waals surface area contributed by atoms with E-state index in [-0.39, 0.29) is 19.1 Å². The molecule has 5 heteroatoms. The molecule has 0 bridgehead atoms. The van der Waals surface area contributed by atoms with Crippen molar-refractivity contribution >= 4 is 11.7 Å². The molecule has 0 spiro atoms. The number of aryl methyl sites for hydroxylation is 1. The summed E-state index contributed by atoms with van der Waals surface area (Å²) in [5.41, 5.74) is 8.28. The predicted octanol–water partition coefficient (Wildman–Crippen LogP) is 1.77. The maximum atomic E-state index is 11.6. The van der Waals surface area contributed by atoms with Crippen LogP contribution in [0, 0.1) is 0 Å². The fourth-order valence-corrected chi connectivity index (χ4v) is 1.68. The Kier molecular flexibility index (Phi) is 4.18. The summed E-state index contributed by atoms with van der Waals surface area (Å²) in [6.45, 7) is 2.45. The Balaban J connectivity index is 1.82. The van der Waals surface area contributed by atoms with Gasteiger partial charge in [-0.25, -0.2) is 0 Å². The smallest absolute Gasteiger partial charge is 0.328 e. The number of carbonyl (C=O) groups excluding carboxylic acids is 1. The van der Waals surface area contributed by atoms with Crippen LogP contribution in [-0.4, -0.2) is 15.7 Å². The quantitative estimate of drug-likeness (QED) is 0.831. The number of aromatic nitrogens is 2. The molecule has 0 saturated carbocycles. The first-order valence-electron chi connectivity index (χ1n) is 6.18. The van der Waals surface area contributed by atoms with Crippen molar-refractivity contribution in [3.05, 3.63) is 47.8 Å². The SMILES string of the molecule is CCc1ccc(COC(=O)Cn2cc(N)cn2)cc1. The highest BCUT2D eigenvalue weighted by molar-refractivity contribution is 5.69. The Morgan fingerprint density at radius 2 is 2.00 bits per heavy atom. The van der Waals surface area contributed by atoms with Crippen molar-refractivity contribution in [2.75, 3.05) is 5.73 Å². The molecule has 0 unspecified atom stereocenters. The van der Waals surface area contributed by atoms with Crippen LogP contribution in [0.15, 0.2) is 36.7 Å². The number of benzene rings is 1. The fraction of sp³-hybridized carbons (Fsp3) is 0.286. The van der Waals surface area contributed by atoms with E-state index >= 15 is 0 Å². The zero-order chi connectivity index (χ0) is 13.7. The molecule has 0 amide bonds. The molecule has 2 rings (SSSR count). The second-order valence-electron chi connectivity index (χ2n) is 4.30. The van der Waals surface area contributed by atoms with Crippen molar-refractivity contribution in [1.29, 1.82) is 0 Å². The minimum Gasteiger partial charge on any atom is -0.459 e. The normalized spacial score (nSPS) is 10.4. The van der Waals surface area contributed by atoms with Crippen LogP contribution in [0.4, 0.5) is 5.69 Å². The van der Waals surface area contributed by atoms with E-state index in [2.05, 4.69) is 12.0 Å². The van der Waals surface area contributed by atoms with Gasteiger partial charge in [-0.1, -0.05) is 31.2 Å². The molecule has 2 aromatic rings. The van der Waals surface area contributed by atoms with Crippen molar-refractivity contribution in [3.8, 4) is 0 Å². The highest BCUT2D eigenvalue weighted by Gasteiger charge is 2.05. The van der Waals surface area contributed by atoms with Gasteiger partial charge in [0, 0.05) is 6.20 Å². The third kappa shape index (κ3) is 3.84. The van der Waals surface area contributed by atoms with Crippen LogP contribution in [-0.2, 0) is 29.1 Å². The van der Waals surface area contributed by atoms with Gasteiger partial charge in [0.25, 0.3) is 0 Å². The maximum absolute atomic E-state index is 11.6. The second-order valence-corrected chi connectivity index (χ2v) is 4.30. The van der Waals surface area contributed by atoms with Crippen LogP contribution in [0.25, 0.3) is 0 Å². The van der Waals surface area contributed by atoms with Crippen LogP contribution in [0.5, 0.6) is 0 Å². The first-order valence-corrected chi connectivity index (χ1v) is 6.18. The number of esters is 1. The number of rotatable bonds is 5. The fourth-order valence-electron chi connectivity index (χ4n) is 1.68. The molecule has 1 heterocycles. The molecule has 100 valence electrons. The van der Waals surface area contributed by atoms with E-state index < -0.39 is 0 Å². The van der Waals surface area contributed by atoms with E-state index in [1.54, 1.807) is 6.20 Å². The van der Waals surface area contributed by atoms with Crippen molar-refractivity contribution in [3.63, 3.8) is 0 Å². The number of ether oxygens (including phenoxy) is 1. The molecular formula is C14H17N3O2. The van der Waals surface area contributed by atoms with Crippen LogP contribution in [0.2, 0.25) is 0 Å². The summed E-state index contributed by atoms with van der Waals surface area (Å²) in [6.07, 6.45) is 4.09. The Morgan fingerprint density at radius 1 is 1.32 bits per heavy atom. The molecule has 0 aliphatic heterocycles. The van der Waals surface area contributed by atoms with Gasteiger partial charge in [0.05, 0.1) is 11.9 Å². The van der Waals surface area contributed by atoms with Gasteiger partial charge < -0.3 is 10.5 Å². The average molecular weight is 259 g/mol. The molecule has 5 nitrogen and oxygen atoms in total. The molecule has 1 aromatic heterocycles. The Labute approximate surface area is 112 Å². The van der Waals surface area contributed by atoms with E-state index in [9.17, 15) is 4.79 Å². The summed E-state index contributed by atoms with van der Waals surface area (Å²) in [7, 11) is 0. The molecular weight excluding hydrogens is 242 g/mol. The van der Waals surface area contributed by atoms with Crippen molar-refractivity contribution in [2.45, 2.75) is 26.5 Å². The standard InChI is InChI=1S/C14H17N3O2/c1-2-11-3-5-12(6-4-11)10-19-14(18)9-17-8-13(15)7-16-17/h3-8H,2,9-10,15H2,1H3. The highest BCUT2D eigenvalue weighted by atomic mass is 16.5. The van der Waals surface area contributed by atoms with Crippen molar-refractivity contribution < 1.29 is 9.53 Å². The number of hydrogen-bond acceptors (Lipinski definition) is 4. The van der Waals surface area contributed by atoms with Crippen LogP contribution < -0.4 is 5.73 Å². The summed E-state index contributed by atoms with van der Waals surface area (Å²) in [4.78, 5) is 11.6. The van der Waals surface area contributed by atoms with Gasteiger partial charge in [0.15, 0.2) is 0 Å². The number of hydrogen-bond donors (Lipinski definition) is 1. The van der Waals surface area contributed by atoms with E-state index in [1.165, 1.54) is 16.4 Å². The Morgan fingerprint density at radius 3 is 2.58 bits per heavy atom. The van der Waals surface area contributed by atoms with Gasteiger partial charge in [-0.05, 0) is 17.5 Å². The molecule has 0 fully saturated rings. The zero-order valence-corrected chi connectivity index (χ0v) is 10.9. The molecule has 19 heavy (non-hydrogen) atoms. The first-order chi connectivity index (χ1) is 9.17. The molecule has 0 saturated heterocycles. The van der Waals surface area contributed by atoms with Gasteiger partial charge in [0.1, 0.15) is 13.2 Å². The monoisotopic (exact) mass is 259 g/mol. The second kappa shape index (κ2) is 6.04. The van der Waals surface area contributed by atoms with Gasteiger partial charge in [-0.15, -0.1) is 0 Å². The minimum atomic E-state index is -0.331. The summed E-state index contributed by atoms with van der Waals surface area (Å²) < 4.78 is 6.63. The third-order valence-electron chi connectivity index (χ3n) is 2.78. The van der Waals surface area contributed by atoms with Crippen LogP contribution >= 0.6 is 0 Å². The lowest BCUT2D eigenvalue weighted by atomic mass is 10.1. The maximum Gasteiger partial charge on any atom is 0.328 e. The minimum absolute atomic E-state index is 0.0737. The number of nitrogens with two attached hydrogens (primary N) is 1. The van der Waals surface area contributed by atoms with Crippen LogP contribution in [0.3, 0.4) is 0 Å². The van der Waals surface area contributed by atoms with E-state index in [0.29, 0.717) is 5.69 Å². The Hall–Kier alpha value is -2.30. The van der Waals surface area contributed by atoms with Crippen molar-refractivity contribution in [1.82, 2.24) is 9.78 Å². The summed E-state index contributed by atoms with van der Waals surface area (Å²) in [5, 5.41) is 3.92. The third-order valence-corrected chi connectivity index (χ3v) is 2.78. The van der Waals surface area contributed by atoms with Gasteiger partial charge in [-0.2, -0.15) is 5.10 Å². The number of nitrogen functional groups attached to an aromatic ring is 1. The Bertz CT molecular complexity index is 546. The first kappa shape index (κ1) is 13.1. The van der Waals surface area contributed by atoms with Crippen LogP contribution in [0.1, 0.15) is 18.1 Å². The summed E-state index contributed by atoms with van der Waals surface area (Å²) in [5.74, 6) is -0.331. The lowest BCUT2D eigenvalue weighted by Gasteiger charge is -2.05. The largest absolute Gasteiger partial charge is 0.459 e. The topological polar surface area (TPSA) is 70.1 Å².